The monoisotopic (exact) mass is 350 g/mol. The molecule has 0 aromatic rings. The van der Waals surface area contributed by atoms with Crippen molar-refractivity contribution < 1.29 is 19.0 Å². The van der Waals surface area contributed by atoms with Crippen molar-refractivity contribution in [3.05, 3.63) is 34.9 Å². The molecule has 0 spiro atoms. The molecule has 25 heavy (non-hydrogen) atoms. The molecule has 1 unspecified atom stereocenters. The summed E-state index contributed by atoms with van der Waals surface area (Å²) >= 11 is 0. The van der Waals surface area contributed by atoms with E-state index in [4.69, 9.17) is 14.2 Å². The SMILES string of the molecule is CC(C)=CCC/C(C)=C/CC/C(C)=C/C(=O)OCC1COC(C)(C)O1. The summed E-state index contributed by atoms with van der Waals surface area (Å²) in [5.74, 6) is -0.895. The molecule has 0 aromatic carbocycles. The Morgan fingerprint density at radius 2 is 1.72 bits per heavy atom. The van der Waals surface area contributed by atoms with E-state index < -0.39 is 5.79 Å². The maximum Gasteiger partial charge on any atom is 0.330 e. The summed E-state index contributed by atoms with van der Waals surface area (Å²) in [5.41, 5.74) is 3.79. The second-order valence-electron chi connectivity index (χ2n) is 7.48. The molecule has 0 aliphatic carbocycles. The second-order valence-corrected chi connectivity index (χ2v) is 7.48. The Bertz CT molecular complexity index is 522. The van der Waals surface area contributed by atoms with Gasteiger partial charge in [0, 0.05) is 6.08 Å². The minimum atomic E-state index is -0.585. The first-order chi connectivity index (χ1) is 11.7. The van der Waals surface area contributed by atoms with Gasteiger partial charge in [-0.25, -0.2) is 4.79 Å². The molecule has 1 aliphatic rings. The van der Waals surface area contributed by atoms with Gasteiger partial charge >= 0.3 is 5.97 Å². The molecule has 1 rings (SSSR count). The molecule has 0 bridgehead atoms. The molecule has 0 saturated carbocycles. The molecule has 0 aromatic heterocycles. The Labute approximate surface area is 152 Å². The molecular formula is C21H34O4. The maximum atomic E-state index is 11.9. The largest absolute Gasteiger partial charge is 0.460 e. The van der Waals surface area contributed by atoms with E-state index in [0.29, 0.717) is 6.61 Å². The number of allylic oxidation sites excluding steroid dienone is 5. The predicted molar refractivity (Wildman–Crippen MR) is 101 cm³/mol. The van der Waals surface area contributed by atoms with Gasteiger partial charge in [-0.2, -0.15) is 0 Å². The van der Waals surface area contributed by atoms with E-state index in [1.165, 1.54) is 11.1 Å². The summed E-state index contributed by atoms with van der Waals surface area (Å²) in [6, 6.07) is 0. The third kappa shape index (κ3) is 10.3. The van der Waals surface area contributed by atoms with Crippen molar-refractivity contribution in [2.75, 3.05) is 13.2 Å². The number of hydrogen-bond acceptors (Lipinski definition) is 4. The highest BCUT2D eigenvalue weighted by Gasteiger charge is 2.33. The first-order valence-electron chi connectivity index (χ1n) is 9.12. The van der Waals surface area contributed by atoms with Crippen LogP contribution < -0.4 is 0 Å². The van der Waals surface area contributed by atoms with Crippen LogP contribution >= 0.6 is 0 Å². The molecule has 1 aliphatic heterocycles. The van der Waals surface area contributed by atoms with E-state index in [1.54, 1.807) is 6.08 Å². The molecule has 0 N–H and O–H groups in total. The van der Waals surface area contributed by atoms with Gasteiger partial charge in [-0.1, -0.05) is 28.9 Å². The fraction of sp³-hybridized carbons (Fsp3) is 0.667. The summed E-state index contributed by atoms with van der Waals surface area (Å²) in [6.45, 7) is 12.8. The molecule has 4 heteroatoms. The Kier molecular flexibility index (Phi) is 9.15. The number of ether oxygens (including phenoxy) is 3. The van der Waals surface area contributed by atoms with Crippen LogP contribution in [-0.4, -0.2) is 31.1 Å². The zero-order valence-electron chi connectivity index (χ0n) is 16.7. The minimum absolute atomic E-state index is 0.181. The predicted octanol–water partition coefficient (Wildman–Crippen LogP) is 5.10. The van der Waals surface area contributed by atoms with Gasteiger partial charge in [-0.15, -0.1) is 0 Å². The van der Waals surface area contributed by atoms with Crippen LogP contribution in [0.5, 0.6) is 0 Å². The van der Waals surface area contributed by atoms with Crippen LogP contribution in [0.2, 0.25) is 0 Å². The van der Waals surface area contributed by atoms with E-state index in [1.807, 2.05) is 20.8 Å². The molecule has 4 nitrogen and oxygen atoms in total. The maximum absolute atomic E-state index is 11.9. The van der Waals surface area contributed by atoms with Gasteiger partial charge in [0.2, 0.25) is 0 Å². The highest BCUT2D eigenvalue weighted by Crippen LogP contribution is 2.22. The van der Waals surface area contributed by atoms with Crippen molar-refractivity contribution in [3.8, 4) is 0 Å². The molecular weight excluding hydrogens is 316 g/mol. The van der Waals surface area contributed by atoms with Crippen LogP contribution in [0.1, 0.15) is 67.2 Å². The number of carbonyl (C=O) groups excluding carboxylic acids is 1. The van der Waals surface area contributed by atoms with Crippen molar-refractivity contribution in [1.29, 1.82) is 0 Å². The van der Waals surface area contributed by atoms with Gasteiger partial charge < -0.3 is 14.2 Å². The number of esters is 1. The average Bonchev–Trinajstić information content (AvgIpc) is 2.84. The van der Waals surface area contributed by atoms with Gasteiger partial charge in [0.1, 0.15) is 12.7 Å². The molecule has 0 radical (unpaired) electrons. The summed E-state index contributed by atoms with van der Waals surface area (Å²) in [7, 11) is 0. The Morgan fingerprint density at radius 3 is 2.32 bits per heavy atom. The van der Waals surface area contributed by atoms with Crippen LogP contribution in [0, 0.1) is 0 Å². The van der Waals surface area contributed by atoms with Crippen LogP contribution in [0.4, 0.5) is 0 Å². The zero-order valence-corrected chi connectivity index (χ0v) is 16.7. The van der Waals surface area contributed by atoms with E-state index in [-0.39, 0.29) is 18.7 Å². The number of carbonyl (C=O) groups is 1. The Morgan fingerprint density at radius 1 is 1.08 bits per heavy atom. The topological polar surface area (TPSA) is 44.8 Å². The van der Waals surface area contributed by atoms with Crippen LogP contribution in [-0.2, 0) is 19.0 Å². The van der Waals surface area contributed by atoms with Gasteiger partial charge in [0.15, 0.2) is 5.79 Å². The number of rotatable bonds is 9. The highest BCUT2D eigenvalue weighted by atomic mass is 16.7. The fourth-order valence-electron chi connectivity index (χ4n) is 2.57. The summed E-state index contributed by atoms with van der Waals surface area (Å²) in [5, 5.41) is 0. The van der Waals surface area contributed by atoms with Crippen molar-refractivity contribution in [2.45, 2.75) is 79.1 Å². The summed E-state index contributed by atoms with van der Waals surface area (Å²) in [4.78, 5) is 11.9. The summed E-state index contributed by atoms with van der Waals surface area (Å²) < 4.78 is 16.3. The Balaban J connectivity index is 2.25. The first kappa shape index (κ1) is 21.7. The lowest BCUT2D eigenvalue weighted by atomic mass is 10.1. The minimum Gasteiger partial charge on any atom is -0.460 e. The second kappa shape index (κ2) is 10.6. The zero-order chi connectivity index (χ0) is 18.9. The number of hydrogen-bond donors (Lipinski definition) is 0. The van der Waals surface area contributed by atoms with Crippen molar-refractivity contribution in [3.63, 3.8) is 0 Å². The average molecular weight is 350 g/mol. The van der Waals surface area contributed by atoms with E-state index in [0.717, 1.165) is 31.3 Å². The highest BCUT2D eigenvalue weighted by molar-refractivity contribution is 5.82. The van der Waals surface area contributed by atoms with Crippen molar-refractivity contribution in [1.82, 2.24) is 0 Å². The lowest BCUT2D eigenvalue weighted by Gasteiger charge is -2.16. The Hall–Kier alpha value is -1.39. The lowest BCUT2D eigenvalue weighted by Crippen LogP contribution is -2.24. The fourth-order valence-corrected chi connectivity index (χ4v) is 2.57. The normalized spacial score (nSPS) is 20.5. The molecule has 0 amide bonds. The van der Waals surface area contributed by atoms with Gasteiger partial charge in [0.05, 0.1) is 6.61 Å². The van der Waals surface area contributed by atoms with Crippen LogP contribution in [0.3, 0.4) is 0 Å². The standard InChI is InChI=1S/C21H34O4/c1-16(2)9-7-10-17(3)11-8-12-18(4)13-20(22)23-14-19-15-24-21(5,6)25-19/h9,11,13,19H,7-8,10,12,14-15H2,1-6H3/b17-11+,18-13+. The molecule has 142 valence electrons. The third-order valence-corrected chi connectivity index (χ3v) is 3.97. The van der Waals surface area contributed by atoms with E-state index >= 15 is 0 Å². The van der Waals surface area contributed by atoms with Gasteiger partial charge in [0.25, 0.3) is 0 Å². The lowest BCUT2D eigenvalue weighted by molar-refractivity contribution is -0.154. The van der Waals surface area contributed by atoms with Gasteiger partial charge in [-0.05, 0) is 67.2 Å². The smallest absolute Gasteiger partial charge is 0.330 e. The van der Waals surface area contributed by atoms with Crippen molar-refractivity contribution in [2.24, 2.45) is 0 Å². The summed E-state index contributed by atoms with van der Waals surface area (Å²) in [6.07, 6.45) is 9.92. The van der Waals surface area contributed by atoms with Gasteiger partial charge in [-0.3, -0.25) is 0 Å². The molecule has 1 fully saturated rings. The van der Waals surface area contributed by atoms with Crippen LogP contribution in [0.25, 0.3) is 0 Å². The molecule has 1 saturated heterocycles. The van der Waals surface area contributed by atoms with Crippen molar-refractivity contribution >= 4 is 5.97 Å². The molecule has 1 atom stereocenters. The molecule has 1 heterocycles. The first-order valence-corrected chi connectivity index (χ1v) is 9.12. The quantitative estimate of drug-likeness (QED) is 0.330. The van der Waals surface area contributed by atoms with E-state index in [2.05, 4.69) is 32.9 Å². The third-order valence-electron chi connectivity index (χ3n) is 3.97. The van der Waals surface area contributed by atoms with E-state index in [9.17, 15) is 4.79 Å². The van der Waals surface area contributed by atoms with Crippen LogP contribution in [0.15, 0.2) is 34.9 Å².